The number of H-pyrrole nitrogens is 1. The third-order valence-corrected chi connectivity index (χ3v) is 3.62. The Morgan fingerprint density at radius 2 is 2.38 bits per heavy atom. The number of rotatable bonds is 4. The van der Waals surface area contributed by atoms with Crippen molar-refractivity contribution in [3.8, 4) is 10.6 Å². The normalized spacial score (nSPS) is 12.9. The Morgan fingerprint density at radius 1 is 1.56 bits per heavy atom. The second-order valence-electron chi connectivity index (χ2n) is 4.19. The number of aromatic nitrogens is 2. The van der Waals surface area contributed by atoms with Crippen LogP contribution in [-0.4, -0.2) is 16.0 Å². The van der Waals surface area contributed by atoms with Gasteiger partial charge < -0.3 is 10.7 Å². The Labute approximate surface area is 99.7 Å². The smallest absolute Gasteiger partial charge is 0.106 e. The molecule has 3 nitrogen and oxygen atoms in total. The Bertz CT molecular complexity index is 456. The van der Waals surface area contributed by atoms with Crippen molar-refractivity contribution in [2.75, 3.05) is 0 Å². The number of nitrogens with one attached hydrogen (secondary N) is 1. The Morgan fingerprint density at radius 3 is 3.00 bits per heavy atom. The lowest BCUT2D eigenvalue weighted by molar-refractivity contribution is 0.652. The Kier molecular flexibility index (Phi) is 3.41. The fourth-order valence-corrected chi connectivity index (χ4v) is 2.51. The molecule has 3 N–H and O–H groups in total. The zero-order valence-electron chi connectivity index (χ0n) is 9.66. The van der Waals surface area contributed by atoms with Gasteiger partial charge in [-0.05, 0) is 37.3 Å². The van der Waals surface area contributed by atoms with Gasteiger partial charge in [-0.3, -0.25) is 0 Å². The summed E-state index contributed by atoms with van der Waals surface area (Å²) in [5.74, 6) is 1.03. The lowest BCUT2D eigenvalue weighted by atomic mass is 10.2. The van der Waals surface area contributed by atoms with Crippen molar-refractivity contribution in [1.82, 2.24) is 9.97 Å². The number of aromatic amines is 1. The lowest BCUT2D eigenvalue weighted by Crippen LogP contribution is -2.15. The molecule has 2 aromatic rings. The SMILES string of the molecule is Cc1ccsc1-c1cnc(CCC(C)N)[nH]1. The number of hydrogen-bond donors (Lipinski definition) is 2. The summed E-state index contributed by atoms with van der Waals surface area (Å²) < 4.78 is 0. The monoisotopic (exact) mass is 235 g/mol. The highest BCUT2D eigenvalue weighted by atomic mass is 32.1. The van der Waals surface area contributed by atoms with Crippen LogP contribution in [0.1, 0.15) is 24.7 Å². The predicted molar refractivity (Wildman–Crippen MR) is 68.6 cm³/mol. The van der Waals surface area contributed by atoms with Crippen LogP contribution in [0.25, 0.3) is 10.6 Å². The summed E-state index contributed by atoms with van der Waals surface area (Å²) >= 11 is 1.74. The number of nitrogens with zero attached hydrogens (tertiary/aromatic N) is 1. The van der Waals surface area contributed by atoms with Gasteiger partial charge in [0.25, 0.3) is 0 Å². The van der Waals surface area contributed by atoms with Gasteiger partial charge in [0.15, 0.2) is 0 Å². The molecule has 2 rings (SSSR count). The molecule has 0 radical (unpaired) electrons. The highest BCUT2D eigenvalue weighted by molar-refractivity contribution is 7.13. The van der Waals surface area contributed by atoms with Crippen molar-refractivity contribution >= 4 is 11.3 Å². The quantitative estimate of drug-likeness (QED) is 0.856. The van der Waals surface area contributed by atoms with Crippen molar-refractivity contribution in [3.05, 3.63) is 29.0 Å². The fourth-order valence-electron chi connectivity index (χ4n) is 1.62. The molecule has 0 amide bonds. The van der Waals surface area contributed by atoms with E-state index in [-0.39, 0.29) is 6.04 Å². The minimum absolute atomic E-state index is 0.233. The molecule has 0 bridgehead atoms. The van der Waals surface area contributed by atoms with Crippen LogP contribution in [0.3, 0.4) is 0 Å². The van der Waals surface area contributed by atoms with Gasteiger partial charge in [-0.15, -0.1) is 11.3 Å². The van der Waals surface area contributed by atoms with Crippen LogP contribution in [-0.2, 0) is 6.42 Å². The first kappa shape index (κ1) is 11.4. The highest BCUT2D eigenvalue weighted by Crippen LogP contribution is 2.27. The van der Waals surface area contributed by atoms with Gasteiger partial charge in [-0.1, -0.05) is 0 Å². The first-order valence-corrected chi connectivity index (χ1v) is 6.38. The molecule has 0 aliphatic heterocycles. The molecule has 4 heteroatoms. The zero-order chi connectivity index (χ0) is 11.5. The van der Waals surface area contributed by atoms with E-state index in [1.807, 2.05) is 13.1 Å². The van der Waals surface area contributed by atoms with Gasteiger partial charge in [-0.2, -0.15) is 0 Å². The molecule has 0 aliphatic rings. The number of imidazole rings is 1. The average Bonchev–Trinajstić information content (AvgIpc) is 2.83. The molecule has 16 heavy (non-hydrogen) atoms. The van der Waals surface area contributed by atoms with Crippen molar-refractivity contribution in [2.45, 2.75) is 32.7 Å². The van der Waals surface area contributed by atoms with E-state index in [1.54, 1.807) is 11.3 Å². The number of nitrogens with two attached hydrogens (primary N) is 1. The summed E-state index contributed by atoms with van der Waals surface area (Å²) in [5, 5.41) is 2.10. The second kappa shape index (κ2) is 4.80. The topological polar surface area (TPSA) is 54.7 Å². The summed E-state index contributed by atoms with van der Waals surface area (Å²) in [7, 11) is 0. The molecule has 1 atom stereocenters. The summed E-state index contributed by atoms with van der Waals surface area (Å²) in [4.78, 5) is 9.01. The minimum atomic E-state index is 0.233. The van der Waals surface area contributed by atoms with Gasteiger partial charge in [0, 0.05) is 12.5 Å². The van der Waals surface area contributed by atoms with E-state index in [9.17, 15) is 0 Å². The van der Waals surface area contributed by atoms with Gasteiger partial charge in [-0.25, -0.2) is 4.98 Å². The van der Waals surface area contributed by atoms with Crippen LogP contribution in [0.15, 0.2) is 17.6 Å². The molecule has 0 saturated heterocycles. The van der Waals surface area contributed by atoms with E-state index >= 15 is 0 Å². The molecule has 0 spiro atoms. The van der Waals surface area contributed by atoms with E-state index in [0.29, 0.717) is 0 Å². The lowest BCUT2D eigenvalue weighted by Gasteiger charge is -2.01. The van der Waals surface area contributed by atoms with E-state index in [4.69, 9.17) is 5.73 Å². The van der Waals surface area contributed by atoms with E-state index in [2.05, 4.69) is 28.3 Å². The van der Waals surface area contributed by atoms with Crippen molar-refractivity contribution in [2.24, 2.45) is 5.73 Å². The van der Waals surface area contributed by atoms with Crippen molar-refractivity contribution in [1.29, 1.82) is 0 Å². The average molecular weight is 235 g/mol. The maximum absolute atomic E-state index is 5.73. The highest BCUT2D eigenvalue weighted by Gasteiger charge is 2.07. The van der Waals surface area contributed by atoms with Crippen molar-refractivity contribution in [3.63, 3.8) is 0 Å². The zero-order valence-corrected chi connectivity index (χ0v) is 10.5. The maximum atomic E-state index is 5.73. The van der Waals surface area contributed by atoms with Crippen molar-refractivity contribution < 1.29 is 0 Å². The van der Waals surface area contributed by atoms with E-state index in [1.165, 1.54) is 10.4 Å². The van der Waals surface area contributed by atoms with Gasteiger partial charge in [0.1, 0.15) is 5.82 Å². The molecule has 0 aliphatic carbocycles. The molecule has 1 unspecified atom stereocenters. The van der Waals surface area contributed by atoms with Crippen LogP contribution >= 0.6 is 11.3 Å². The predicted octanol–water partition coefficient (Wildman–Crippen LogP) is 2.73. The van der Waals surface area contributed by atoms with Gasteiger partial charge >= 0.3 is 0 Å². The summed E-state index contributed by atoms with van der Waals surface area (Å²) in [6.45, 7) is 4.14. The van der Waals surface area contributed by atoms with Crippen LogP contribution in [0.5, 0.6) is 0 Å². The third kappa shape index (κ3) is 2.51. The minimum Gasteiger partial charge on any atom is -0.341 e. The molecular weight excluding hydrogens is 218 g/mol. The second-order valence-corrected chi connectivity index (χ2v) is 5.11. The molecule has 0 aromatic carbocycles. The summed E-state index contributed by atoms with van der Waals surface area (Å²) in [6.07, 6.45) is 3.80. The largest absolute Gasteiger partial charge is 0.341 e. The molecule has 2 heterocycles. The molecule has 0 saturated carbocycles. The van der Waals surface area contributed by atoms with Crippen LogP contribution < -0.4 is 5.73 Å². The fraction of sp³-hybridized carbons (Fsp3) is 0.417. The van der Waals surface area contributed by atoms with Crippen LogP contribution in [0.2, 0.25) is 0 Å². The van der Waals surface area contributed by atoms with Crippen LogP contribution in [0.4, 0.5) is 0 Å². The first-order chi connectivity index (χ1) is 7.66. The standard InChI is InChI=1S/C12H17N3S/c1-8-5-6-16-12(8)10-7-14-11(15-10)4-3-9(2)13/h5-7,9H,3-4,13H2,1-2H3,(H,14,15). The number of thiophene rings is 1. The maximum Gasteiger partial charge on any atom is 0.106 e. The molecular formula is C12H17N3S. The Hall–Kier alpha value is -1.13. The Balaban J connectivity index is 2.11. The summed E-state index contributed by atoms with van der Waals surface area (Å²) in [6, 6.07) is 2.36. The third-order valence-electron chi connectivity index (χ3n) is 2.57. The number of hydrogen-bond acceptors (Lipinski definition) is 3. The molecule has 86 valence electrons. The number of aryl methyl sites for hydroxylation is 2. The summed E-state index contributed by atoms with van der Waals surface area (Å²) in [5.41, 5.74) is 8.14. The van der Waals surface area contributed by atoms with E-state index in [0.717, 1.165) is 24.4 Å². The van der Waals surface area contributed by atoms with Crippen LogP contribution in [0, 0.1) is 6.92 Å². The van der Waals surface area contributed by atoms with Gasteiger partial charge in [0.05, 0.1) is 16.8 Å². The first-order valence-electron chi connectivity index (χ1n) is 5.50. The molecule has 2 aromatic heterocycles. The van der Waals surface area contributed by atoms with Gasteiger partial charge in [0.2, 0.25) is 0 Å². The molecule has 0 fully saturated rings. The van der Waals surface area contributed by atoms with E-state index < -0.39 is 0 Å².